The van der Waals surface area contributed by atoms with E-state index < -0.39 is 0 Å². The Morgan fingerprint density at radius 2 is 2.00 bits per heavy atom. The maximum Gasteiger partial charge on any atom is 0.147 e. The second kappa shape index (κ2) is 7.36. The van der Waals surface area contributed by atoms with Crippen molar-refractivity contribution < 1.29 is 0 Å². The highest BCUT2D eigenvalue weighted by Crippen LogP contribution is 2.20. The fourth-order valence-electron chi connectivity index (χ4n) is 3.00. The highest BCUT2D eigenvalue weighted by atomic mass is 32.1. The van der Waals surface area contributed by atoms with Gasteiger partial charge in [-0.25, -0.2) is 9.97 Å². The normalized spacial score (nSPS) is 16.7. The van der Waals surface area contributed by atoms with Crippen molar-refractivity contribution in [3.8, 4) is 0 Å². The summed E-state index contributed by atoms with van der Waals surface area (Å²) in [7, 11) is 0. The summed E-state index contributed by atoms with van der Waals surface area (Å²) < 4.78 is 0. The minimum Gasteiger partial charge on any atom is -0.368 e. The Morgan fingerprint density at radius 1 is 1.22 bits per heavy atom. The lowest BCUT2D eigenvalue weighted by atomic mass is 9.96. The topological polar surface area (TPSA) is 53.9 Å². The van der Waals surface area contributed by atoms with Crippen molar-refractivity contribution in [3.63, 3.8) is 0 Å². The molecule has 0 aromatic carbocycles. The van der Waals surface area contributed by atoms with Gasteiger partial charge in [0.15, 0.2) is 0 Å². The molecule has 3 heterocycles. The number of hydrogen-bond acceptors (Lipinski definition) is 6. The smallest absolute Gasteiger partial charge is 0.147 e. The summed E-state index contributed by atoms with van der Waals surface area (Å²) in [4.78, 5) is 16.0. The fourth-order valence-corrected chi connectivity index (χ4v) is 3.61. The highest BCUT2D eigenvalue weighted by Gasteiger charge is 2.20. The number of nitrogens with zero attached hydrogens (tertiary/aromatic N) is 4. The molecule has 23 heavy (non-hydrogen) atoms. The molecule has 0 bridgehead atoms. The number of aromatic nitrogens is 3. The molecule has 0 saturated carbocycles. The lowest BCUT2D eigenvalue weighted by Crippen LogP contribution is -2.35. The van der Waals surface area contributed by atoms with Crippen LogP contribution in [0.2, 0.25) is 0 Å². The SMILES string of the molecule is Cc1cnc(C)c(NCC2CCN(Cc3csc(C)n3)CC2)n1. The molecule has 0 atom stereocenters. The van der Waals surface area contributed by atoms with Crippen molar-refractivity contribution in [3.05, 3.63) is 33.7 Å². The van der Waals surface area contributed by atoms with Crippen molar-refractivity contribution in [2.24, 2.45) is 5.92 Å². The van der Waals surface area contributed by atoms with Gasteiger partial charge in [0.2, 0.25) is 0 Å². The minimum absolute atomic E-state index is 0.713. The third-order valence-electron chi connectivity index (χ3n) is 4.39. The molecule has 0 spiro atoms. The molecule has 124 valence electrons. The first-order chi connectivity index (χ1) is 11.1. The van der Waals surface area contributed by atoms with E-state index >= 15 is 0 Å². The van der Waals surface area contributed by atoms with Crippen LogP contribution in [-0.2, 0) is 6.54 Å². The summed E-state index contributed by atoms with van der Waals surface area (Å²) in [6.07, 6.45) is 4.28. The lowest BCUT2D eigenvalue weighted by Gasteiger charge is -2.31. The van der Waals surface area contributed by atoms with Gasteiger partial charge in [-0.2, -0.15) is 0 Å². The molecule has 0 radical (unpaired) electrons. The van der Waals surface area contributed by atoms with Crippen LogP contribution >= 0.6 is 11.3 Å². The van der Waals surface area contributed by atoms with E-state index in [4.69, 9.17) is 0 Å². The molecule has 1 saturated heterocycles. The molecule has 1 fully saturated rings. The van der Waals surface area contributed by atoms with E-state index in [1.807, 2.05) is 20.0 Å². The van der Waals surface area contributed by atoms with Crippen LogP contribution in [0.4, 0.5) is 5.82 Å². The maximum atomic E-state index is 4.57. The van der Waals surface area contributed by atoms with E-state index in [-0.39, 0.29) is 0 Å². The standard InChI is InChI=1S/C17H25N5S/c1-12-8-18-13(2)17(20-12)19-9-15-4-6-22(7-5-15)10-16-11-23-14(3)21-16/h8,11,15H,4-7,9-10H2,1-3H3,(H,19,20). The van der Waals surface area contributed by atoms with Gasteiger partial charge in [-0.05, 0) is 52.6 Å². The number of anilines is 1. The van der Waals surface area contributed by atoms with Crippen molar-refractivity contribution in [2.45, 2.75) is 40.2 Å². The summed E-state index contributed by atoms with van der Waals surface area (Å²) in [6.45, 7) is 10.4. The number of rotatable bonds is 5. The van der Waals surface area contributed by atoms with Gasteiger partial charge in [0.1, 0.15) is 5.82 Å². The number of hydrogen-bond donors (Lipinski definition) is 1. The summed E-state index contributed by atoms with van der Waals surface area (Å²) >= 11 is 1.74. The Kier molecular flexibility index (Phi) is 5.23. The summed E-state index contributed by atoms with van der Waals surface area (Å²) in [6, 6.07) is 0. The third-order valence-corrected chi connectivity index (χ3v) is 5.22. The van der Waals surface area contributed by atoms with Crippen LogP contribution in [0.15, 0.2) is 11.6 Å². The van der Waals surface area contributed by atoms with Crippen molar-refractivity contribution >= 4 is 17.2 Å². The summed E-state index contributed by atoms with van der Waals surface area (Å²) in [5.41, 5.74) is 3.16. The zero-order valence-corrected chi connectivity index (χ0v) is 15.0. The quantitative estimate of drug-likeness (QED) is 0.912. The van der Waals surface area contributed by atoms with Gasteiger partial charge < -0.3 is 5.32 Å². The Bertz CT molecular complexity index is 646. The second-order valence-electron chi connectivity index (χ2n) is 6.40. The molecular weight excluding hydrogens is 306 g/mol. The first kappa shape index (κ1) is 16.3. The van der Waals surface area contributed by atoms with Crippen LogP contribution in [0.25, 0.3) is 0 Å². The molecule has 0 amide bonds. The molecular formula is C17H25N5S. The van der Waals surface area contributed by atoms with Crippen LogP contribution in [0.5, 0.6) is 0 Å². The maximum absolute atomic E-state index is 4.57. The van der Waals surface area contributed by atoms with Crippen molar-refractivity contribution in [1.29, 1.82) is 0 Å². The molecule has 0 aliphatic carbocycles. The molecule has 6 heteroatoms. The largest absolute Gasteiger partial charge is 0.368 e. The molecule has 5 nitrogen and oxygen atoms in total. The molecule has 1 N–H and O–H groups in total. The Morgan fingerprint density at radius 3 is 2.70 bits per heavy atom. The monoisotopic (exact) mass is 331 g/mol. The second-order valence-corrected chi connectivity index (χ2v) is 7.47. The molecule has 0 unspecified atom stereocenters. The number of likely N-dealkylation sites (tertiary alicyclic amines) is 1. The average Bonchev–Trinajstić information content (AvgIpc) is 2.95. The number of piperidine rings is 1. The number of thiazole rings is 1. The minimum atomic E-state index is 0.713. The van der Waals surface area contributed by atoms with Gasteiger partial charge >= 0.3 is 0 Å². The van der Waals surface area contributed by atoms with Crippen LogP contribution < -0.4 is 5.32 Å². The highest BCUT2D eigenvalue weighted by molar-refractivity contribution is 7.09. The van der Waals surface area contributed by atoms with Gasteiger partial charge in [0.25, 0.3) is 0 Å². The van der Waals surface area contributed by atoms with Crippen molar-refractivity contribution in [2.75, 3.05) is 25.0 Å². The summed E-state index contributed by atoms with van der Waals surface area (Å²) in [5, 5.41) is 6.83. The van der Waals surface area contributed by atoms with E-state index in [1.165, 1.54) is 18.5 Å². The molecule has 3 rings (SSSR count). The molecule has 2 aromatic rings. The van der Waals surface area contributed by atoms with Crippen LogP contribution in [0.3, 0.4) is 0 Å². The van der Waals surface area contributed by atoms with Gasteiger partial charge in [-0.3, -0.25) is 9.88 Å². The van der Waals surface area contributed by atoms with Crippen LogP contribution in [0.1, 0.15) is 34.9 Å². The van der Waals surface area contributed by atoms with E-state index in [0.717, 1.165) is 48.4 Å². The predicted octanol–water partition coefficient (Wildman–Crippen LogP) is 3.18. The predicted molar refractivity (Wildman–Crippen MR) is 94.8 cm³/mol. The Hall–Kier alpha value is -1.53. The van der Waals surface area contributed by atoms with E-state index in [9.17, 15) is 0 Å². The van der Waals surface area contributed by atoms with E-state index in [1.54, 1.807) is 11.3 Å². The zero-order chi connectivity index (χ0) is 16.2. The zero-order valence-electron chi connectivity index (χ0n) is 14.2. The lowest BCUT2D eigenvalue weighted by molar-refractivity contribution is 0.181. The van der Waals surface area contributed by atoms with E-state index in [2.05, 4.69) is 37.5 Å². The van der Waals surface area contributed by atoms with Crippen molar-refractivity contribution in [1.82, 2.24) is 19.9 Å². The average molecular weight is 331 g/mol. The van der Waals surface area contributed by atoms with Gasteiger partial charge in [0, 0.05) is 24.7 Å². The third kappa shape index (κ3) is 4.48. The summed E-state index contributed by atoms with van der Waals surface area (Å²) in [5.74, 6) is 1.65. The fraction of sp³-hybridized carbons (Fsp3) is 0.588. The Labute approximate surface area is 142 Å². The van der Waals surface area contributed by atoms with Crippen LogP contribution in [0, 0.1) is 26.7 Å². The van der Waals surface area contributed by atoms with Crippen LogP contribution in [-0.4, -0.2) is 39.5 Å². The van der Waals surface area contributed by atoms with E-state index in [0.29, 0.717) is 5.92 Å². The van der Waals surface area contributed by atoms with Gasteiger partial charge in [-0.1, -0.05) is 0 Å². The molecule has 1 aliphatic rings. The van der Waals surface area contributed by atoms with Gasteiger partial charge in [0.05, 0.1) is 22.1 Å². The number of aryl methyl sites for hydroxylation is 3. The molecule has 1 aliphatic heterocycles. The number of nitrogens with one attached hydrogen (secondary N) is 1. The Balaban J connectivity index is 1.45. The molecule has 2 aromatic heterocycles. The van der Waals surface area contributed by atoms with Gasteiger partial charge in [-0.15, -0.1) is 11.3 Å². The first-order valence-corrected chi connectivity index (χ1v) is 9.15. The first-order valence-electron chi connectivity index (χ1n) is 8.27.